The van der Waals surface area contributed by atoms with Crippen LogP contribution in [0.25, 0.3) is 0 Å². The first-order chi connectivity index (χ1) is 8.38. The maximum absolute atomic E-state index is 12.1. The van der Waals surface area contributed by atoms with Crippen LogP contribution in [0.15, 0.2) is 27.6 Å². The molecule has 1 heterocycles. The number of halogens is 1. The molecular formula is C10H10BrN3O2S2. The Balaban J connectivity index is 2.36. The number of aryl methyl sites for hydroxylation is 2. The van der Waals surface area contributed by atoms with Crippen molar-refractivity contribution in [2.75, 3.05) is 4.72 Å². The van der Waals surface area contributed by atoms with Crippen molar-refractivity contribution in [2.45, 2.75) is 18.7 Å². The zero-order valence-corrected chi connectivity index (χ0v) is 12.9. The molecule has 0 radical (unpaired) electrons. The molecule has 1 aromatic carbocycles. The third-order valence-electron chi connectivity index (χ3n) is 2.12. The van der Waals surface area contributed by atoms with Crippen LogP contribution in [0.2, 0.25) is 0 Å². The van der Waals surface area contributed by atoms with Crippen molar-refractivity contribution in [3.63, 3.8) is 0 Å². The second-order valence-corrected chi connectivity index (χ2v) is 7.35. The number of anilines is 1. The van der Waals surface area contributed by atoms with Crippen molar-refractivity contribution in [3.8, 4) is 0 Å². The lowest BCUT2D eigenvalue weighted by Crippen LogP contribution is -2.13. The summed E-state index contributed by atoms with van der Waals surface area (Å²) in [6, 6.07) is 5.04. The molecule has 0 spiro atoms. The average Bonchev–Trinajstić information content (AvgIpc) is 2.62. The van der Waals surface area contributed by atoms with E-state index >= 15 is 0 Å². The topological polar surface area (TPSA) is 72.0 Å². The molecule has 0 fully saturated rings. The van der Waals surface area contributed by atoms with Gasteiger partial charge in [-0.05, 0) is 47.5 Å². The number of aromatic nitrogens is 2. The van der Waals surface area contributed by atoms with Crippen LogP contribution in [0.5, 0.6) is 0 Å². The summed E-state index contributed by atoms with van der Waals surface area (Å²) in [5.74, 6) is 0. The zero-order chi connectivity index (χ0) is 13.3. The van der Waals surface area contributed by atoms with Gasteiger partial charge in [-0.15, -0.1) is 10.2 Å². The predicted octanol–water partition coefficient (Wildman–Crippen LogP) is 2.72. The van der Waals surface area contributed by atoms with Gasteiger partial charge in [-0.25, -0.2) is 8.42 Å². The zero-order valence-electron chi connectivity index (χ0n) is 9.64. The third-order valence-corrected chi connectivity index (χ3v) is 5.32. The summed E-state index contributed by atoms with van der Waals surface area (Å²) in [5, 5.41) is 8.47. The summed E-state index contributed by atoms with van der Waals surface area (Å²) in [4.78, 5) is 0.181. The minimum Gasteiger partial charge on any atom is -0.253 e. The van der Waals surface area contributed by atoms with Crippen molar-refractivity contribution in [2.24, 2.45) is 0 Å². The molecule has 0 aliphatic heterocycles. The summed E-state index contributed by atoms with van der Waals surface area (Å²) in [6.07, 6.45) is 0. The number of benzene rings is 1. The van der Waals surface area contributed by atoms with Crippen LogP contribution >= 0.6 is 27.3 Å². The highest BCUT2D eigenvalue weighted by molar-refractivity contribution is 9.10. The first-order valence-corrected chi connectivity index (χ1v) is 8.07. The Morgan fingerprint density at radius 3 is 2.56 bits per heavy atom. The van der Waals surface area contributed by atoms with Crippen molar-refractivity contribution >= 4 is 42.4 Å². The molecule has 5 nitrogen and oxygen atoms in total. The van der Waals surface area contributed by atoms with Gasteiger partial charge in [0.2, 0.25) is 5.13 Å². The van der Waals surface area contributed by atoms with Gasteiger partial charge in [0.05, 0.1) is 0 Å². The van der Waals surface area contributed by atoms with Crippen LogP contribution in [0.1, 0.15) is 10.6 Å². The Morgan fingerprint density at radius 2 is 2.00 bits per heavy atom. The summed E-state index contributed by atoms with van der Waals surface area (Å²) >= 11 is 4.44. The van der Waals surface area contributed by atoms with Gasteiger partial charge in [0.1, 0.15) is 9.90 Å². The van der Waals surface area contributed by atoms with Crippen LogP contribution in [0.3, 0.4) is 0 Å². The van der Waals surface area contributed by atoms with Gasteiger partial charge in [-0.1, -0.05) is 17.4 Å². The fourth-order valence-corrected chi connectivity index (χ4v) is 4.35. The van der Waals surface area contributed by atoms with E-state index < -0.39 is 10.0 Å². The molecule has 0 amide bonds. The molecule has 0 bridgehead atoms. The number of rotatable bonds is 3. The lowest BCUT2D eigenvalue weighted by atomic mass is 10.2. The van der Waals surface area contributed by atoms with Crippen molar-refractivity contribution < 1.29 is 8.42 Å². The fourth-order valence-electron chi connectivity index (χ4n) is 1.33. The van der Waals surface area contributed by atoms with E-state index in [2.05, 4.69) is 30.8 Å². The number of nitrogens with zero attached hydrogens (tertiary/aromatic N) is 2. The van der Waals surface area contributed by atoms with Gasteiger partial charge >= 0.3 is 0 Å². The monoisotopic (exact) mass is 347 g/mol. The van der Waals surface area contributed by atoms with E-state index in [9.17, 15) is 8.42 Å². The van der Waals surface area contributed by atoms with Gasteiger partial charge in [0, 0.05) is 4.47 Å². The Kier molecular flexibility index (Phi) is 3.69. The maximum Gasteiger partial charge on any atom is 0.264 e. The SMILES string of the molecule is Cc1ccc(S(=O)(=O)Nc2nnc(C)s2)c(Br)c1. The van der Waals surface area contributed by atoms with E-state index in [4.69, 9.17) is 0 Å². The molecule has 0 saturated carbocycles. The average molecular weight is 348 g/mol. The molecule has 2 rings (SSSR count). The molecule has 0 aliphatic carbocycles. The van der Waals surface area contributed by atoms with Crippen LogP contribution in [-0.4, -0.2) is 18.6 Å². The maximum atomic E-state index is 12.1. The Morgan fingerprint density at radius 1 is 1.28 bits per heavy atom. The highest BCUT2D eigenvalue weighted by Crippen LogP contribution is 2.26. The van der Waals surface area contributed by atoms with Gasteiger partial charge < -0.3 is 0 Å². The summed E-state index contributed by atoms with van der Waals surface area (Å²) < 4.78 is 27.2. The molecule has 1 N–H and O–H groups in total. The second kappa shape index (κ2) is 4.94. The van der Waals surface area contributed by atoms with Gasteiger partial charge in [0.15, 0.2) is 0 Å². The Hall–Kier alpha value is -0.990. The molecular weight excluding hydrogens is 338 g/mol. The molecule has 0 unspecified atom stereocenters. The molecule has 0 atom stereocenters. The minimum atomic E-state index is -3.64. The number of nitrogens with one attached hydrogen (secondary N) is 1. The van der Waals surface area contributed by atoms with Gasteiger partial charge in [-0.2, -0.15) is 0 Å². The van der Waals surface area contributed by atoms with Crippen molar-refractivity contribution in [3.05, 3.63) is 33.2 Å². The van der Waals surface area contributed by atoms with Crippen LogP contribution < -0.4 is 4.72 Å². The molecule has 18 heavy (non-hydrogen) atoms. The predicted molar refractivity (Wildman–Crippen MR) is 74.3 cm³/mol. The standard InChI is InChI=1S/C10H10BrN3O2S2/c1-6-3-4-9(8(11)5-6)18(15,16)14-10-13-12-7(2)17-10/h3-5H,1-2H3,(H,13,14). The highest BCUT2D eigenvalue weighted by atomic mass is 79.9. The third kappa shape index (κ3) is 2.88. The fraction of sp³-hybridized carbons (Fsp3) is 0.200. The van der Waals surface area contributed by atoms with E-state index in [-0.39, 0.29) is 10.0 Å². The molecule has 1 aromatic heterocycles. The van der Waals surface area contributed by atoms with Gasteiger partial charge in [-0.3, -0.25) is 4.72 Å². The molecule has 0 aliphatic rings. The first kappa shape index (κ1) is 13.4. The Labute approximate surface area is 117 Å². The molecule has 2 aromatic rings. The first-order valence-electron chi connectivity index (χ1n) is 4.97. The van der Waals surface area contributed by atoms with E-state index in [0.717, 1.165) is 5.56 Å². The lowest BCUT2D eigenvalue weighted by Gasteiger charge is -2.07. The number of hydrogen-bond acceptors (Lipinski definition) is 5. The van der Waals surface area contributed by atoms with E-state index in [0.29, 0.717) is 9.48 Å². The van der Waals surface area contributed by atoms with Crippen molar-refractivity contribution in [1.29, 1.82) is 0 Å². The van der Waals surface area contributed by atoms with Gasteiger partial charge in [0.25, 0.3) is 10.0 Å². The number of hydrogen-bond donors (Lipinski definition) is 1. The molecule has 96 valence electrons. The van der Waals surface area contributed by atoms with Crippen LogP contribution in [0, 0.1) is 13.8 Å². The second-order valence-electron chi connectivity index (χ2n) is 3.67. The van der Waals surface area contributed by atoms with E-state index in [1.807, 2.05) is 6.92 Å². The Bertz CT molecular complexity index is 682. The van der Waals surface area contributed by atoms with E-state index in [1.165, 1.54) is 11.3 Å². The quantitative estimate of drug-likeness (QED) is 0.926. The van der Waals surface area contributed by atoms with E-state index in [1.54, 1.807) is 25.1 Å². The smallest absolute Gasteiger partial charge is 0.253 e. The minimum absolute atomic E-state index is 0.181. The van der Waals surface area contributed by atoms with Crippen LogP contribution in [-0.2, 0) is 10.0 Å². The lowest BCUT2D eigenvalue weighted by molar-refractivity contribution is 0.600. The summed E-state index contributed by atoms with van der Waals surface area (Å²) in [7, 11) is -3.64. The largest absolute Gasteiger partial charge is 0.264 e. The van der Waals surface area contributed by atoms with Crippen molar-refractivity contribution in [1.82, 2.24) is 10.2 Å². The summed E-state index contributed by atoms with van der Waals surface area (Å²) in [5.41, 5.74) is 0.979. The highest BCUT2D eigenvalue weighted by Gasteiger charge is 2.19. The number of sulfonamides is 1. The molecule has 8 heteroatoms. The summed E-state index contributed by atoms with van der Waals surface area (Å²) in [6.45, 7) is 3.65. The van der Waals surface area contributed by atoms with Crippen LogP contribution in [0.4, 0.5) is 5.13 Å². The normalized spacial score (nSPS) is 11.5. The molecule has 0 saturated heterocycles.